The summed E-state index contributed by atoms with van der Waals surface area (Å²) < 4.78 is 0. The van der Waals surface area contributed by atoms with Gasteiger partial charge in [-0.3, -0.25) is 0 Å². The minimum Gasteiger partial charge on any atom is -0.324 e. The first kappa shape index (κ1) is 5.76. The summed E-state index contributed by atoms with van der Waals surface area (Å²) in [4.78, 5) is 0. The maximum absolute atomic E-state index is 5.23. The molecule has 3 heteroatoms. The third-order valence-corrected chi connectivity index (χ3v) is 0.562. The summed E-state index contributed by atoms with van der Waals surface area (Å²) in [6.07, 6.45) is 2.34. The highest BCUT2D eigenvalue weighted by atomic mass is 35.5. The van der Waals surface area contributed by atoms with E-state index in [2.05, 4.69) is 5.10 Å². The Morgan fingerprint density at radius 1 is 1.83 bits per heavy atom. The Morgan fingerprint density at radius 2 is 2.50 bits per heavy atom. The second-order valence-electron chi connectivity index (χ2n) is 0.809. The summed E-state index contributed by atoms with van der Waals surface area (Å²) >= 11 is 5.23. The normalized spacial score (nSPS) is 10.2. The van der Waals surface area contributed by atoms with Crippen molar-refractivity contribution in [2.75, 3.05) is 5.88 Å². The van der Waals surface area contributed by atoms with Gasteiger partial charge in [0.1, 0.15) is 0 Å². The molecule has 0 aromatic carbocycles. The van der Waals surface area contributed by atoms with Crippen LogP contribution in [0.5, 0.6) is 0 Å². The molecule has 0 unspecified atom stereocenters. The maximum Gasteiger partial charge on any atom is 0.0273 e. The molecule has 2 N–H and O–H groups in total. The molecule has 0 rings (SSSR count). The lowest BCUT2D eigenvalue weighted by atomic mass is 10.5. The van der Waals surface area contributed by atoms with Gasteiger partial charge in [-0.15, -0.1) is 11.6 Å². The predicted octanol–water partition coefficient (Wildman–Crippen LogP) is 0.560. The van der Waals surface area contributed by atoms with Crippen LogP contribution in [0.3, 0.4) is 0 Å². The largest absolute Gasteiger partial charge is 0.324 e. The number of halogens is 1. The van der Waals surface area contributed by atoms with Gasteiger partial charge in [0.05, 0.1) is 0 Å². The van der Waals surface area contributed by atoms with Gasteiger partial charge in [-0.2, -0.15) is 5.10 Å². The topological polar surface area (TPSA) is 38.4 Å². The van der Waals surface area contributed by atoms with Gasteiger partial charge in [-0.05, 0) is 6.42 Å². The first-order chi connectivity index (χ1) is 2.91. The van der Waals surface area contributed by atoms with Crippen molar-refractivity contribution in [1.82, 2.24) is 0 Å². The molecule has 0 fully saturated rings. The Bertz CT molecular complexity index is 44.1. The van der Waals surface area contributed by atoms with E-state index in [9.17, 15) is 0 Å². The van der Waals surface area contributed by atoms with Crippen molar-refractivity contribution >= 4 is 17.8 Å². The highest BCUT2D eigenvalue weighted by molar-refractivity contribution is 6.18. The Balaban J connectivity index is 2.66. The molecule has 0 aliphatic carbocycles. The van der Waals surface area contributed by atoms with Crippen LogP contribution < -0.4 is 5.84 Å². The quantitative estimate of drug-likeness (QED) is 0.238. The van der Waals surface area contributed by atoms with Gasteiger partial charge in [0.25, 0.3) is 0 Å². The third-order valence-electron chi connectivity index (χ3n) is 0.344. The highest BCUT2D eigenvalue weighted by Gasteiger charge is 1.68. The zero-order valence-corrected chi connectivity index (χ0v) is 4.15. The molecular weight excluding hydrogens is 99.5 g/mol. The number of alkyl halides is 1. The number of rotatable bonds is 2. The van der Waals surface area contributed by atoms with E-state index in [1.807, 2.05) is 0 Å². The minimum atomic E-state index is 0.598. The van der Waals surface area contributed by atoms with Crippen LogP contribution >= 0.6 is 11.6 Å². The van der Waals surface area contributed by atoms with E-state index in [-0.39, 0.29) is 0 Å². The third kappa shape index (κ3) is 3.76. The fourth-order valence-electron chi connectivity index (χ4n) is 0.123. The smallest absolute Gasteiger partial charge is 0.0273 e. The van der Waals surface area contributed by atoms with E-state index in [4.69, 9.17) is 17.4 Å². The molecule has 36 valence electrons. The summed E-state index contributed by atoms with van der Waals surface area (Å²) in [5, 5.41) is 3.22. The highest BCUT2D eigenvalue weighted by Crippen LogP contribution is 1.75. The fourth-order valence-corrected chi connectivity index (χ4v) is 0.221. The van der Waals surface area contributed by atoms with Gasteiger partial charge < -0.3 is 5.84 Å². The Kier molecular flexibility index (Phi) is 4.57. The zero-order chi connectivity index (χ0) is 4.83. The van der Waals surface area contributed by atoms with Crippen molar-refractivity contribution in [3.63, 3.8) is 0 Å². The van der Waals surface area contributed by atoms with Crippen molar-refractivity contribution in [2.24, 2.45) is 10.9 Å². The van der Waals surface area contributed by atoms with Crippen molar-refractivity contribution in [3.8, 4) is 0 Å². The molecular formula is C3H7ClN2. The molecule has 0 saturated carbocycles. The first-order valence-electron chi connectivity index (χ1n) is 1.69. The van der Waals surface area contributed by atoms with E-state index in [0.717, 1.165) is 6.42 Å². The van der Waals surface area contributed by atoms with Gasteiger partial charge in [0.15, 0.2) is 0 Å². The van der Waals surface area contributed by atoms with Crippen LogP contribution in [0.4, 0.5) is 0 Å². The summed E-state index contributed by atoms with van der Waals surface area (Å²) in [5.74, 6) is 5.32. The first-order valence-corrected chi connectivity index (χ1v) is 2.23. The van der Waals surface area contributed by atoms with E-state index < -0.39 is 0 Å². The molecule has 2 nitrogen and oxygen atoms in total. The molecule has 0 aliphatic heterocycles. The second kappa shape index (κ2) is 4.76. The van der Waals surface area contributed by atoms with Gasteiger partial charge in [-0.25, -0.2) is 0 Å². The summed E-state index contributed by atoms with van der Waals surface area (Å²) in [6, 6.07) is 0. The van der Waals surface area contributed by atoms with Crippen LogP contribution in [0.25, 0.3) is 0 Å². The van der Waals surface area contributed by atoms with Crippen LogP contribution in [0.1, 0.15) is 6.42 Å². The average molecular weight is 107 g/mol. The van der Waals surface area contributed by atoms with Crippen molar-refractivity contribution in [2.45, 2.75) is 6.42 Å². The Labute approximate surface area is 42.0 Å². The Hall–Kier alpha value is -0.240. The monoisotopic (exact) mass is 106 g/mol. The van der Waals surface area contributed by atoms with E-state index in [1.165, 1.54) is 0 Å². The summed E-state index contributed by atoms with van der Waals surface area (Å²) in [7, 11) is 0. The van der Waals surface area contributed by atoms with Crippen LogP contribution in [0.2, 0.25) is 0 Å². The van der Waals surface area contributed by atoms with Crippen LogP contribution in [-0.4, -0.2) is 12.1 Å². The predicted molar refractivity (Wildman–Crippen MR) is 28.0 cm³/mol. The molecule has 0 aromatic heterocycles. The second-order valence-corrected chi connectivity index (χ2v) is 1.19. The van der Waals surface area contributed by atoms with Crippen LogP contribution in [0, 0.1) is 0 Å². The van der Waals surface area contributed by atoms with Crippen molar-refractivity contribution < 1.29 is 0 Å². The van der Waals surface area contributed by atoms with E-state index in [0.29, 0.717) is 5.88 Å². The molecule has 0 aliphatic rings. The molecule has 0 saturated heterocycles. The number of hydrazone groups is 1. The minimum absolute atomic E-state index is 0.598. The molecule has 0 radical (unpaired) electrons. The standard InChI is InChI=1S/C3H7ClN2/c4-2-1-3-6-5/h3H,1-2,5H2. The lowest BCUT2D eigenvalue weighted by Gasteiger charge is -1.74. The SMILES string of the molecule is NN=CCCCl. The maximum atomic E-state index is 5.23. The van der Waals surface area contributed by atoms with Crippen LogP contribution in [0.15, 0.2) is 5.10 Å². The molecule has 0 amide bonds. The van der Waals surface area contributed by atoms with Gasteiger partial charge in [-0.1, -0.05) is 0 Å². The Morgan fingerprint density at radius 3 is 2.67 bits per heavy atom. The molecule has 0 aromatic rings. The number of hydrogen-bond donors (Lipinski definition) is 1. The van der Waals surface area contributed by atoms with E-state index >= 15 is 0 Å². The molecule has 0 bridgehead atoms. The zero-order valence-electron chi connectivity index (χ0n) is 3.39. The number of nitrogens with two attached hydrogens (primary N) is 1. The van der Waals surface area contributed by atoms with Gasteiger partial charge in [0, 0.05) is 12.1 Å². The van der Waals surface area contributed by atoms with Gasteiger partial charge >= 0.3 is 0 Å². The van der Waals surface area contributed by atoms with Crippen molar-refractivity contribution in [1.29, 1.82) is 0 Å². The molecule has 6 heavy (non-hydrogen) atoms. The van der Waals surface area contributed by atoms with E-state index in [1.54, 1.807) is 6.21 Å². The lowest BCUT2D eigenvalue weighted by molar-refractivity contribution is 1.21. The lowest BCUT2D eigenvalue weighted by Crippen LogP contribution is -1.82. The van der Waals surface area contributed by atoms with Crippen LogP contribution in [-0.2, 0) is 0 Å². The fraction of sp³-hybridized carbons (Fsp3) is 0.667. The number of nitrogens with zero attached hydrogens (tertiary/aromatic N) is 1. The summed E-state index contributed by atoms with van der Waals surface area (Å²) in [6.45, 7) is 0. The molecule has 0 heterocycles. The number of hydrogen-bond acceptors (Lipinski definition) is 2. The molecule has 0 spiro atoms. The molecule has 0 atom stereocenters. The van der Waals surface area contributed by atoms with Crippen molar-refractivity contribution in [3.05, 3.63) is 0 Å². The van der Waals surface area contributed by atoms with Gasteiger partial charge in [0.2, 0.25) is 0 Å². The summed E-state index contributed by atoms with van der Waals surface area (Å²) in [5.41, 5.74) is 0. The average Bonchev–Trinajstić information content (AvgIpc) is 1.61.